The second-order valence-electron chi connectivity index (χ2n) is 4.90. The van der Waals surface area contributed by atoms with E-state index in [1.165, 1.54) is 31.2 Å². The Balaban J connectivity index is 2.02. The van der Waals surface area contributed by atoms with Crippen molar-refractivity contribution in [2.24, 2.45) is 0 Å². The predicted octanol–water partition coefficient (Wildman–Crippen LogP) is 3.90. The van der Waals surface area contributed by atoms with Crippen LogP contribution in [0.5, 0.6) is 0 Å². The lowest BCUT2D eigenvalue weighted by molar-refractivity contribution is -0.123. The van der Waals surface area contributed by atoms with E-state index in [2.05, 4.69) is 5.32 Å². The molecule has 0 spiro atoms. The minimum atomic E-state index is -1.10. The maximum Gasteiger partial charge on any atom is 0.338 e. The van der Waals surface area contributed by atoms with Crippen LogP contribution in [0.25, 0.3) is 0 Å². The molecule has 0 aliphatic heterocycles. The second-order valence-corrected chi connectivity index (χ2v) is 5.71. The highest BCUT2D eigenvalue weighted by Crippen LogP contribution is 2.23. The van der Waals surface area contributed by atoms with E-state index in [1.54, 1.807) is 0 Å². The summed E-state index contributed by atoms with van der Waals surface area (Å²) in [6.45, 7) is 1.39. The van der Waals surface area contributed by atoms with E-state index < -0.39 is 23.8 Å². The van der Waals surface area contributed by atoms with Gasteiger partial charge in [-0.25, -0.2) is 9.18 Å². The molecule has 0 radical (unpaired) electrons. The summed E-state index contributed by atoms with van der Waals surface area (Å²) in [6, 6.07) is 7.76. The van der Waals surface area contributed by atoms with Gasteiger partial charge in [0, 0.05) is 0 Å². The molecule has 1 unspecified atom stereocenters. The average molecular weight is 371 g/mol. The molecule has 2 aromatic rings. The molecule has 0 aromatic heterocycles. The Kier molecular flexibility index (Phi) is 5.64. The summed E-state index contributed by atoms with van der Waals surface area (Å²) in [5.41, 5.74) is 6.21. The third-order valence-electron chi connectivity index (χ3n) is 3.07. The van der Waals surface area contributed by atoms with Gasteiger partial charge >= 0.3 is 5.97 Å². The zero-order valence-electron chi connectivity index (χ0n) is 12.5. The van der Waals surface area contributed by atoms with Crippen molar-refractivity contribution in [3.8, 4) is 0 Å². The fraction of sp³-hybridized carbons (Fsp3) is 0.125. The van der Waals surface area contributed by atoms with Gasteiger partial charge in [0.15, 0.2) is 6.10 Å². The normalized spacial score (nSPS) is 11.7. The number of ether oxygens (including phenoxy) is 1. The minimum Gasteiger partial charge on any atom is -0.449 e. The molecule has 8 heteroatoms. The summed E-state index contributed by atoms with van der Waals surface area (Å²) in [5.74, 6) is -1.87. The summed E-state index contributed by atoms with van der Waals surface area (Å²) in [7, 11) is 0. The van der Waals surface area contributed by atoms with Gasteiger partial charge in [0.05, 0.1) is 27.0 Å². The lowest BCUT2D eigenvalue weighted by Gasteiger charge is -2.14. The number of hydrogen-bond acceptors (Lipinski definition) is 4. The van der Waals surface area contributed by atoms with Crippen LogP contribution in [0.4, 0.5) is 15.8 Å². The van der Waals surface area contributed by atoms with E-state index in [9.17, 15) is 14.0 Å². The van der Waals surface area contributed by atoms with Crippen LogP contribution in [0, 0.1) is 5.82 Å². The summed E-state index contributed by atoms with van der Waals surface area (Å²) in [6.07, 6.45) is -1.10. The van der Waals surface area contributed by atoms with E-state index in [-0.39, 0.29) is 22.0 Å². The van der Waals surface area contributed by atoms with Crippen LogP contribution in [0.15, 0.2) is 36.4 Å². The van der Waals surface area contributed by atoms with E-state index in [0.29, 0.717) is 5.02 Å². The van der Waals surface area contributed by atoms with Crippen molar-refractivity contribution in [3.63, 3.8) is 0 Å². The second kappa shape index (κ2) is 7.51. The highest BCUT2D eigenvalue weighted by atomic mass is 35.5. The van der Waals surface area contributed by atoms with Crippen LogP contribution < -0.4 is 11.1 Å². The van der Waals surface area contributed by atoms with Crippen LogP contribution in [0.3, 0.4) is 0 Å². The number of nitrogens with two attached hydrogens (primary N) is 1. The van der Waals surface area contributed by atoms with Gasteiger partial charge in [0.1, 0.15) is 5.82 Å². The first kappa shape index (κ1) is 18.0. The van der Waals surface area contributed by atoms with Crippen molar-refractivity contribution in [1.29, 1.82) is 0 Å². The van der Waals surface area contributed by atoms with E-state index in [4.69, 9.17) is 33.7 Å². The molecule has 3 N–H and O–H groups in total. The molecule has 0 saturated carbocycles. The first-order valence-electron chi connectivity index (χ1n) is 6.80. The molecule has 2 aromatic carbocycles. The fourth-order valence-electron chi connectivity index (χ4n) is 1.78. The Bertz CT molecular complexity index is 799. The standard InChI is InChI=1S/C16H13Cl2FN2O3/c1-8(15(22)21-14-5-3-10(19)7-12(14)18)24-16(23)9-2-4-11(17)13(20)6-9/h2-8H,20H2,1H3,(H,21,22). The number of carbonyl (C=O) groups excluding carboxylic acids is 2. The molecule has 126 valence electrons. The largest absolute Gasteiger partial charge is 0.449 e. The van der Waals surface area contributed by atoms with Gasteiger partial charge in [-0.05, 0) is 43.3 Å². The molecule has 1 amide bonds. The number of anilines is 2. The number of nitrogen functional groups attached to an aromatic ring is 1. The monoisotopic (exact) mass is 370 g/mol. The number of amides is 1. The molecule has 0 bridgehead atoms. The molecule has 0 saturated heterocycles. The quantitative estimate of drug-likeness (QED) is 0.631. The van der Waals surface area contributed by atoms with Gasteiger partial charge in [-0.2, -0.15) is 0 Å². The first-order valence-corrected chi connectivity index (χ1v) is 7.55. The number of halogens is 3. The molecule has 0 fully saturated rings. The smallest absolute Gasteiger partial charge is 0.338 e. The van der Waals surface area contributed by atoms with E-state index in [1.807, 2.05) is 0 Å². The van der Waals surface area contributed by atoms with Crippen molar-refractivity contribution >= 4 is 46.5 Å². The number of nitrogens with one attached hydrogen (secondary N) is 1. The van der Waals surface area contributed by atoms with Gasteiger partial charge in [-0.15, -0.1) is 0 Å². The van der Waals surface area contributed by atoms with Crippen molar-refractivity contribution < 1.29 is 18.7 Å². The first-order chi connectivity index (χ1) is 11.3. The summed E-state index contributed by atoms with van der Waals surface area (Å²) in [5, 5.41) is 2.80. The van der Waals surface area contributed by atoms with Gasteiger partial charge in [-0.3, -0.25) is 4.79 Å². The SMILES string of the molecule is CC(OC(=O)c1ccc(Cl)c(N)c1)C(=O)Nc1ccc(F)cc1Cl. The number of hydrogen-bond donors (Lipinski definition) is 2. The van der Waals surface area contributed by atoms with Gasteiger partial charge in [0.25, 0.3) is 5.91 Å². The highest BCUT2D eigenvalue weighted by Gasteiger charge is 2.20. The molecule has 1 atom stereocenters. The zero-order chi connectivity index (χ0) is 17.9. The van der Waals surface area contributed by atoms with Crippen molar-refractivity contribution in [1.82, 2.24) is 0 Å². The fourth-order valence-corrected chi connectivity index (χ4v) is 2.11. The van der Waals surface area contributed by atoms with Crippen LogP contribution in [0.1, 0.15) is 17.3 Å². The Morgan fingerprint density at radius 2 is 1.88 bits per heavy atom. The Labute approximate surface area is 147 Å². The predicted molar refractivity (Wildman–Crippen MR) is 90.8 cm³/mol. The number of benzene rings is 2. The van der Waals surface area contributed by atoms with Crippen LogP contribution in [-0.4, -0.2) is 18.0 Å². The summed E-state index contributed by atoms with van der Waals surface area (Å²) in [4.78, 5) is 24.1. The van der Waals surface area contributed by atoms with Crippen LogP contribution in [-0.2, 0) is 9.53 Å². The lowest BCUT2D eigenvalue weighted by atomic mass is 10.2. The summed E-state index contributed by atoms with van der Waals surface area (Å²) < 4.78 is 18.0. The average Bonchev–Trinajstić information content (AvgIpc) is 2.52. The highest BCUT2D eigenvalue weighted by molar-refractivity contribution is 6.34. The Hall–Kier alpha value is -2.31. The molecular weight excluding hydrogens is 358 g/mol. The molecule has 24 heavy (non-hydrogen) atoms. The van der Waals surface area contributed by atoms with Gasteiger partial charge in [-0.1, -0.05) is 23.2 Å². The van der Waals surface area contributed by atoms with Gasteiger partial charge < -0.3 is 15.8 Å². The molecule has 2 rings (SSSR count). The Morgan fingerprint density at radius 1 is 1.17 bits per heavy atom. The van der Waals surface area contributed by atoms with Crippen LogP contribution >= 0.6 is 23.2 Å². The zero-order valence-corrected chi connectivity index (χ0v) is 14.0. The molecule has 0 heterocycles. The molecule has 0 aliphatic carbocycles. The van der Waals surface area contributed by atoms with E-state index >= 15 is 0 Å². The van der Waals surface area contributed by atoms with E-state index in [0.717, 1.165) is 12.1 Å². The summed E-state index contributed by atoms with van der Waals surface area (Å²) >= 11 is 11.6. The van der Waals surface area contributed by atoms with Crippen molar-refractivity contribution in [3.05, 3.63) is 57.8 Å². The molecular formula is C16H13Cl2FN2O3. The number of carbonyl (C=O) groups is 2. The third-order valence-corrected chi connectivity index (χ3v) is 3.73. The molecule has 5 nitrogen and oxygen atoms in total. The number of rotatable bonds is 4. The van der Waals surface area contributed by atoms with Crippen LogP contribution in [0.2, 0.25) is 10.0 Å². The Morgan fingerprint density at radius 3 is 2.50 bits per heavy atom. The van der Waals surface area contributed by atoms with Crippen molar-refractivity contribution in [2.45, 2.75) is 13.0 Å². The topological polar surface area (TPSA) is 81.4 Å². The lowest BCUT2D eigenvalue weighted by Crippen LogP contribution is -2.30. The number of esters is 1. The van der Waals surface area contributed by atoms with Crippen molar-refractivity contribution in [2.75, 3.05) is 11.1 Å². The minimum absolute atomic E-state index is 0.0346. The third kappa shape index (κ3) is 4.37. The maximum atomic E-state index is 13.0. The molecule has 0 aliphatic rings. The van der Waals surface area contributed by atoms with Gasteiger partial charge in [0.2, 0.25) is 0 Å². The maximum absolute atomic E-state index is 13.0.